The van der Waals surface area contributed by atoms with E-state index < -0.39 is 0 Å². The SMILES string of the molecule is Cl.Cl.O=C(C1CCCCC1)N1CCN(Cc2cc3n(n2)CCCNC3)CC1. The van der Waals surface area contributed by atoms with E-state index in [9.17, 15) is 4.79 Å². The molecule has 6 nitrogen and oxygen atoms in total. The van der Waals surface area contributed by atoms with Gasteiger partial charge in [0.05, 0.1) is 11.4 Å². The molecule has 0 atom stereocenters. The van der Waals surface area contributed by atoms with E-state index in [1.807, 2.05) is 0 Å². The van der Waals surface area contributed by atoms with E-state index in [1.165, 1.54) is 30.7 Å². The molecule has 3 aliphatic rings. The number of nitrogens with zero attached hydrogens (tertiary/aromatic N) is 4. The quantitative estimate of drug-likeness (QED) is 0.820. The van der Waals surface area contributed by atoms with E-state index >= 15 is 0 Å². The van der Waals surface area contributed by atoms with Gasteiger partial charge in [0, 0.05) is 51.7 Å². The largest absolute Gasteiger partial charge is 0.340 e. The van der Waals surface area contributed by atoms with Gasteiger partial charge in [0.2, 0.25) is 5.91 Å². The summed E-state index contributed by atoms with van der Waals surface area (Å²) in [4.78, 5) is 17.2. The molecule has 0 spiro atoms. The van der Waals surface area contributed by atoms with Gasteiger partial charge >= 0.3 is 0 Å². The second-order valence-corrected chi connectivity index (χ2v) is 7.82. The Morgan fingerprint density at radius 2 is 1.78 bits per heavy atom. The van der Waals surface area contributed by atoms with Crippen LogP contribution in [-0.2, 0) is 24.4 Å². The van der Waals surface area contributed by atoms with Crippen LogP contribution in [0.2, 0.25) is 0 Å². The lowest BCUT2D eigenvalue weighted by Gasteiger charge is -2.36. The maximum absolute atomic E-state index is 12.7. The van der Waals surface area contributed by atoms with E-state index in [4.69, 9.17) is 5.10 Å². The number of halogens is 2. The Morgan fingerprint density at radius 3 is 2.52 bits per heavy atom. The van der Waals surface area contributed by atoms with E-state index in [0.717, 1.165) is 71.6 Å². The monoisotopic (exact) mass is 417 g/mol. The van der Waals surface area contributed by atoms with Crippen LogP contribution in [0.15, 0.2) is 6.07 Å². The molecule has 1 amide bonds. The molecule has 1 saturated heterocycles. The van der Waals surface area contributed by atoms with Crippen molar-refractivity contribution in [3.8, 4) is 0 Å². The predicted molar refractivity (Wildman–Crippen MR) is 111 cm³/mol. The summed E-state index contributed by atoms with van der Waals surface area (Å²) in [6.07, 6.45) is 7.13. The summed E-state index contributed by atoms with van der Waals surface area (Å²) in [5.41, 5.74) is 2.48. The number of aromatic nitrogens is 2. The molecule has 8 heteroatoms. The third-order valence-corrected chi connectivity index (χ3v) is 5.97. The van der Waals surface area contributed by atoms with Crippen molar-refractivity contribution < 1.29 is 4.79 Å². The molecule has 0 radical (unpaired) electrons. The number of fused-ring (bicyclic) bond motifs is 1. The summed E-state index contributed by atoms with van der Waals surface area (Å²) < 4.78 is 2.16. The molecule has 0 unspecified atom stereocenters. The summed E-state index contributed by atoms with van der Waals surface area (Å²) in [5.74, 6) is 0.718. The number of aryl methyl sites for hydroxylation is 1. The van der Waals surface area contributed by atoms with Crippen molar-refractivity contribution >= 4 is 30.7 Å². The molecular weight excluding hydrogens is 385 g/mol. The highest BCUT2D eigenvalue weighted by molar-refractivity contribution is 5.85. The first-order valence-corrected chi connectivity index (χ1v) is 10.1. The normalized spacial score (nSPS) is 21.6. The van der Waals surface area contributed by atoms with E-state index in [-0.39, 0.29) is 24.8 Å². The Bertz CT molecular complexity index is 571. The molecule has 1 aliphatic carbocycles. The Hall–Kier alpha value is -0.820. The van der Waals surface area contributed by atoms with Crippen molar-refractivity contribution in [3.63, 3.8) is 0 Å². The topological polar surface area (TPSA) is 53.4 Å². The maximum Gasteiger partial charge on any atom is 0.225 e. The van der Waals surface area contributed by atoms with E-state index in [1.54, 1.807) is 0 Å². The Balaban J connectivity index is 0.00000131. The van der Waals surface area contributed by atoms with Crippen LogP contribution >= 0.6 is 24.8 Å². The van der Waals surface area contributed by atoms with Gasteiger partial charge in [-0.15, -0.1) is 24.8 Å². The summed E-state index contributed by atoms with van der Waals surface area (Å²) in [6.45, 7) is 7.64. The average Bonchev–Trinajstić information content (AvgIpc) is 2.90. The van der Waals surface area contributed by atoms with Gasteiger partial charge in [0.15, 0.2) is 0 Å². The minimum absolute atomic E-state index is 0. The highest BCUT2D eigenvalue weighted by Gasteiger charge is 2.28. The number of rotatable bonds is 3. The molecule has 1 aromatic rings. The molecule has 3 heterocycles. The molecule has 1 saturated carbocycles. The third-order valence-electron chi connectivity index (χ3n) is 5.97. The van der Waals surface area contributed by atoms with Crippen LogP contribution in [0.25, 0.3) is 0 Å². The van der Waals surface area contributed by atoms with Gasteiger partial charge in [0.25, 0.3) is 0 Å². The maximum atomic E-state index is 12.7. The van der Waals surface area contributed by atoms with Gasteiger partial charge in [-0.3, -0.25) is 14.4 Å². The summed E-state index contributed by atoms with van der Waals surface area (Å²) in [7, 11) is 0. The van der Waals surface area contributed by atoms with Crippen molar-refractivity contribution in [1.29, 1.82) is 0 Å². The van der Waals surface area contributed by atoms with Gasteiger partial charge in [-0.25, -0.2) is 0 Å². The number of carbonyl (C=O) groups excluding carboxylic acids is 1. The first-order valence-electron chi connectivity index (χ1n) is 10.1. The smallest absolute Gasteiger partial charge is 0.225 e. The fourth-order valence-electron chi connectivity index (χ4n) is 4.46. The lowest BCUT2D eigenvalue weighted by atomic mass is 9.88. The number of piperazine rings is 1. The molecule has 2 fully saturated rings. The van der Waals surface area contributed by atoms with Crippen LogP contribution in [-0.4, -0.2) is 58.2 Å². The number of amides is 1. The molecule has 1 aromatic heterocycles. The standard InChI is InChI=1S/C19H31N5O.2ClH/c25-19(16-5-2-1-3-6-16)23-11-9-22(10-12-23)15-17-13-18-14-20-7-4-8-24(18)21-17;;/h13,16,20H,1-12,14-15H2;2*1H. The number of carbonyl (C=O) groups is 1. The first-order chi connectivity index (χ1) is 12.3. The lowest BCUT2D eigenvalue weighted by molar-refractivity contribution is -0.138. The number of hydrogen-bond acceptors (Lipinski definition) is 4. The van der Waals surface area contributed by atoms with Crippen LogP contribution in [0.1, 0.15) is 49.9 Å². The lowest BCUT2D eigenvalue weighted by Crippen LogP contribution is -2.50. The van der Waals surface area contributed by atoms with Crippen molar-refractivity contribution in [3.05, 3.63) is 17.5 Å². The minimum Gasteiger partial charge on any atom is -0.340 e. The molecule has 1 N–H and O–H groups in total. The second kappa shape index (κ2) is 10.6. The Kier molecular flexibility index (Phi) is 8.86. The number of hydrogen-bond donors (Lipinski definition) is 1. The highest BCUT2D eigenvalue weighted by Crippen LogP contribution is 2.26. The minimum atomic E-state index is 0. The van der Waals surface area contributed by atoms with Crippen molar-refractivity contribution in [2.75, 3.05) is 32.7 Å². The first kappa shape index (κ1) is 22.5. The second-order valence-electron chi connectivity index (χ2n) is 7.82. The van der Waals surface area contributed by atoms with Gasteiger partial charge < -0.3 is 10.2 Å². The molecule has 4 rings (SSSR count). The fourth-order valence-corrected chi connectivity index (χ4v) is 4.46. The highest BCUT2D eigenvalue weighted by atomic mass is 35.5. The molecule has 0 bridgehead atoms. The van der Waals surface area contributed by atoms with Crippen LogP contribution in [0, 0.1) is 5.92 Å². The van der Waals surface area contributed by atoms with Crippen LogP contribution in [0.4, 0.5) is 0 Å². The zero-order chi connectivity index (χ0) is 17.1. The molecule has 154 valence electrons. The van der Waals surface area contributed by atoms with E-state index in [0.29, 0.717) is 11.8 Å². The molecule has 27 heavy (non-hydrogen) atoms. The van der Waals surface area contributed by atoms with Crippen molar-refractivity contribution in [2.45, 2.75) is 58.2 Å². The van der Waals surface area contributed by atoms with Gasteiger partial charge in [-0.1, -0.05) is 19.3 Å². The Labute approximate surface area is 174 Å². The third kappa shape index (κ3) is 5.59. The molecule has 0 aromatic carbocycles. The molecular formula is C19H33Cl2N5O. The van der Waals surface area contributed by atoms with Crippen molar-refractivity contribution in [1.82, 2.24) is 24.9 Å². The van der Waals surface area contributed by atoms with Crippen LogP contribution in [0.5, 0.6) is 0 Å². The van der Waals surface area contributed by atoms with E-state index in [2.05, 4.69) is 25.9 Å². The van der Waals surface area contributed by atoms with Crippen LogP contribution in [0.3, 0.4) is 0 Å². The number of nitrogens with one attached hydrogen (secondary N) is 1. The summed E-state index contributed by atoms with van der Waals surface area (Å²) >= 11 is 0. The van der Waals surface area contributed by atoms with Crippen molar-refractivity contribution in [2.24, 2.45) is 5.92 Å². The summed E-state index contributed by atoms with van der Waals surface area (Å²) in [6, 6.07) is 2.25. The molecule has 2 aliphatic heterocycles. The zero-order valence-corrected chi connectivity index (χ0v) is 17.7. The fraction of sp³-hybridized carbons (Fsp3) is 0.789. The van der Waals surface area contributed by atoms with Gasteiger partial charge in [0.1, 0.15) is 0 Å². The van der Waals surface area contributed by atoms with Gasteiger partial charge in [-0.2, -0.15) is 5.10 Å². The zero-order valence-electron chi connectivity index (χ0n) is 16.1. The predicted octanol–water partition coefficient (Wildman–Crippen LogP) is 2.44. The van der Waals surface area contributed by atoms with Gasteiger partial charge in [-0.05, 0) is 31.9 Å². The Morgan fingerprint density at radius 1 is 1.04 bits per heavy atom. The van der Waals surface area contributed by atoms with Crippen LogP contribution < -0.4 is 5.32 Å². The summed E-state index contributed by atoms with van der Waals surface area (Å²) in [5, 5.41) is 8.24. The average molecular weight is 418 g/mol.